The molecular weight excluding hydrogens is 488 g/mol. The molecule has 0 aliphatic carbocycles. The highest BCUT2D eigenvalue weighted by Crippen LogP contribution is 2.34. The van der Waals surface area contributed by atoms with E-state index in [0.717, 1.165) is 38.6 Å². The van der Waals surface area contributed by atoms with Gasteiger partial charge in [0.2, 0.25) is 0 Å². The molecule has 0 N–H and O–H groups in total. The van der Waals surface area contributed by atoms with Crippen molar-refractivity contribution < 1.29 is 19.1 Å². The van der Waals surface area contributed by atoms with E-state index < -0.39 is 11.9 Å². The highest BCUT2D eigenvalue weighted by atomic mass is 79.9. The molecule has 0 amide bonds. The molecule has 0 saturated heterocycles. The molecule has 3 heterocycles. The number of imidazole rings is 1. The van der Waals surface area contributed by atoms with Crippen LogP contribution in [-0.2, 0) is 19.1 Å². The number of esters is 2. The fraction of sp³-hybridized carbons (Fsp3) is 0.292. The second-order valence-electron chi connectivity index (χ2n) is 7.61. The van der Waals surface area contributed by atoms with Crippen LogP contribution >= 0.6 is 15.9 Å². The van der Waals surface area contributed by atoms with Crippen LogP contribution in [0.15, 0.2) is 58.3 Å². The molecule has 0 radical (unpaired) electrons. The molecule has 1 aliphatic heterocycles. The van der Waals surface area contributed by atoms with Crippen LogP contribution in [0.4, 0.5) is 0 Å². The predicted molar refractivity (Wildman–Crippen MR) is 125 cm³/mol. The minimum Gasteiger partial charge on any atom is -0.463 e. The number of hydrogen-bond acceptors (Lipinski definition) is 7. The zero-order valence-electron chi connectivity index (χ0n) is 18.3. The van der Waals surface area contributed by atoms with E-state index in [1.807, 2.05) is 43.5 Å². The maximum atomic E-state index is 11.7. The normalized spacial score (nSPS) is 14.5. The molecule has 0 bridgehead atoms. The number of nitrogens with zero attached hydrogens (tertiary/aromatic N) is 4. The van der Waals surface area contributed by atoms with Crippen molar-refractivity contribution in [3.63, 3.8) is 0 Å². The summed E-state index contributed by atoms with van der Waals surface area (Å²) < 4.78 is 12.9. The number of aromatic nitrogens is 3. The highest BCUT2D eigenvalue weighted by Gasteiger charge is 2.27. The van der Waals surface area contributed by atoms with Crippen LogP contribution in [0.3, 0.4) is 0 Å². The molecule has 0 fully saturated rings. The Labute approximate surface area is 199 Å². The van der Waals surface area contributed by atoms with Gasteiger partial charge >= 0.3 is 11.9 Å². The van der Waals surface area contributed by atoms with Crippen molar-refractivity contribution in [1.29, 1.82) is 0 Å². The Balaban J connectivity index is 1.63. The molecule has 33 heavy (non-hydrogen) atoms. The molecule has 2 aromatic heterocycles. The van der Waals surface area contributed by atoms with Gasteiger partial charge in [0.05, 0.1) is 23.7 Å². The van der Waals surface area contributed by atoms with E-state index in [-0.39, 0.29) is 19.3 Å². The van der Waals surface area contributed by atoms with E-state index in [1.165, 1.54) is 6.92 Å². The van der Waals surface area contributed by atoms with Crippen LogP contribution in [0.25, 0.3) is 5.69 Å². The standard InChI is InChI=1S/C24H23BrN4O4/c1-15-13-27-24-20(7-5-11-32-22(31)14-33-16(2)30)28-23(19-6-3-4-10-26-19)18-12-17(25)8-9-21(18)29(15)24/h3-4,6,8-10,12-13,20H,5,7,11,14H2,1-2H3/t20-/m0/s1. The first kappa shape index (κ1) is 22.8. The van der Waals surface area contributed by atoms with E-state index in [4.69, 9.17) is 9.73 Å². The zero-order chi connectivity index (χ0) is 23.4. The summed E-state index contributed by atoms with van der Waals surface area (Å²) in [5.74, 6) is -0.262. The Morgan fingerprint density at radius 3 is 2.76 bits per heavy atom. The molecular formula is C24H23BrN4O4. The van der Waals surface area contributed by atoms with Crippen LogP contribution < -0.4 is 0 Å². The third-order valence-corrected chi connectivity index (χ3v) is 5.68. The lowest BCUT2D eigenvalue weighted by Crippen LogP contribution is -2.16. The van der Waals surface area contributed by atoms with Gasteiger partial charge < -0.3 is 9.47 Å². The van der Waals surface area contributed by atoms with Crippen LogP contribution in [0.1, 0.15) is 48.6 Å². The molecule has 0 spiro atoms. The number of benzene rings is 1. The molecule has 170 valence electrons. The van der Waals surface area contributed by atoms with E-state index in [0.29, 0.717) is 12.8 Å². The number of aryl methyl sites for hydroxylation is 1. The summed E-state index contributed by atoms with van der Waals surface area (Å²) in [4.78, 5) is 36.9. The minimum absolute atomic E-state index is 0.198. The molecule has 0 saturated carbocycles. The molecule has 8 nitrogen and oxygen atoms in total. The van der Waals surface area contributed by atoms with Crippen molar-refractivity contribution in [2.75, 3.05) is 13.2 Å². The second-order valence-corrected chi connectivity index (χ2v) is 8.52. The maximum absolute atomic E-state index is 11.7. The number of carbonyl (C=O) groups is 2. The fourth-order valence-electron chi connectivity index (χ4n) is 3.75. The number of ether oxygens (including phenoxy) is 2. The number of hydrogen-bond donors (Lipinski definition) is 0. The quantitative estimate of drug-likeness (QED) is 0.350. The van der Waals surface area contributed by atoms with Crippen molar-refractivity contribution in [1.82, 2.24) is 14.5 Å². The Bertz CT molecular complexity index is 1210. The number of aliphatic imine (C=N–C) groups is 1. The molecule has 3 aromatic rings. The second kappa shape index (κ2) is 10.1. The number of fused-ring (bicyclic) bond motifs is 3. The van der Waals surface area contributed by atoms with Gasteiger partial charge in [-0.1, -0.05) is 22.0 Å². The number of halogens is 1. The summed E-state index contributed by atoms with van der Waals surface area (Å²) in [6.07, 6.45) is 4.78. The molecule has 0 unspecified atom stereocenters. The van der Waals surface area contributed by atoms with Gasteiger partial charge in [0, 0.05) is 35.0 Å². The molecule has 1 atom stereocenters. The predicted octanol–water partition coefficient (Wildman–Crippen LogP) is 4.12. The van der Waals surface area contributed by atoms with E-state index in [1.54, 1.807) is 6.20 Å². The Hall–Kier alpha value is -3.33. The lowest BCUT2D eigenvalue weighted by Gasteiger charge is -2.14. The zero-order valence-corrected chi connectivity index (χ0v) is 19.9. The SMILES string of the molecule is CC(=O)OCC(=O)OCCC[C@@H]1N=C(c2ccccn2)c2cc(Br)ccc2-n2c(C)cnc21. The van der Waals surface area contributed by atoms with Gasteiger partial charge in [-0.2, -0.15) is 0 Å². The topological polar surface area (TPSA) is 95.7 Å². The molecule has 1 aromatic carbocycles. The van der Waals surface area contributed by atoms with Gasteiger partial charge in [0.25, 0.3) is 0 Å². The van der Waals surface area contributed by atoms with Crippen molar-refractivity contribution >= 4 is 33.6 Å². The molecule has 1 aliphatic rings. The van der Waals surface area contributed by atoms with Crippen molar-refractivity contribution in [3.8, 4) is 5.69 Å². The minimum atomic E-state index is -0.571. The fourth-order valence-corrected chi connectivity index (χ4v) is 4.11. The third kappa shape index (κ3) is 5.19. The van der Waals surface area contributed by atoms with Crippen molar-refractivity contribution in [2.45, 2.75) is 32.7 Å². The number of carbonyl (C=O) groups excluding carboxylic acids is 2. The van der Waals surface area contributed by atoms with Crippen LogP contribution in [0, 0.1) is 6.92 Å². The van der Waals surface area contributed by atoms with Crippen molar-refractivity contribution in [3.05, 3.63) is 76.0 Å². The lowest BCUT2D eigenvalue weighted by atomic mass is 10.0. The van der Waals surface area contributed by atoms with Gasteiger partial charge in [-0.05, 0) is 50.1 Å². The highest BCUT2D eigenvalue weighted by molar-refractivity contribution is 9.10. The number of rotatable bonds is 7. The summed E-state index contributed by atoms with van der Waals surface area (Å²) in [5, 5.41) is 0. The average molecular weight is 511 g/mol. The number of pyridine rings is 1. The van der Waals surface area contributed by atoms with Crippen LogP contribution in [0.2, 0.25) is 0 Å². The lowest BCUT2D eigenvalue weighted by molar-refractivity contribution is -0.157. The van der Waals surface area contributed by atoms with Gasteiger partial charge in [0.15, 0.2) is 6.61 Å². The molecule has 9 heteroatoms. The first-order valence-electron chi connectivity index (χ1n) is 10.6. The molecule has 4 rings (SSSR count). The van der Waals surface area contributed by atoms with Gasteiger partial charge in [-0.25, -0.2) is 9.78 Å². The first-order chi connectivity index (χ1) is 15.9. The van der Waals surface area contributed by atoms with E-state index in [9.17, 15) is 9.59 Å². The monoisotopic (exact) mass is 510 g/mol. The maximum Gasteiger partial charge on any atom is 0.344 e. The first-order valence-corrected chi connectivity index (χ1v) is 11.4. The summed E-state index contributed by atoms with van der Waals surface area (Å²) in [5.41, 5.74) is 4.51. The van der Waals surface area contributed by atoms with E-state index in [2.05, 4.69) is 41.3 Å². The van der Waals surface area contributed by atoms with Crippen LogP contribution in [-0.4, -0.2) is 45.4 Å². The summed E-state index contributed by atoms with van der Waals surface area (Å²) >= 11 is 3.59. The average Bonchev–Trinajstić information content (AvgIpc) is 3.12. The summed E-state index contributed by atoms with van der Waals surface area (Å²) in [6.45, 7) is 3.08. The summed E-state index contributed by atoms with van der Waals surface area (Å²) in [7, 11) is 0. The van der Waals surface area contributed by atoms with E-state index >= 15 is 0 Å². The Morgan fingerprint density at radius 2 is 2.00 bits per heavy atom. The van der Waals surface area contributed by atoms with Gasteiger partial charge in [-0.3, -0.25) is 19.3 Å². The third-order valence-electron chi connectivity index (χ3n) is 5.19. The Kier molecular flexibility index (Phi) is 6.98. The van der Waals surface area contributed by atoms with Gasteiger partial charge in [-0.15, -0.1) is 0 Å². The smallest absolute Gasteiger partial charge is 0.344 e. The van der Waals surface area contributed by atoms with Crippen LogP contribution in [0.5, 0.6) is 0 Å². The largest absolute Gasteiger partial charge is 0.463 e. The summed E-state index contributed by atoms with van der Waals surface area (Å²) in [6, 6.07) is 11.6. The van der Waals surface area contributed by atoms with Gasteiger partial charge in [0.1, 0.15) is 11.9 Å². The van der Waals surface area contributed by atoms with Crippen molar-refractivity contribution in [2.24, 2.45) is 4.99 Å². The Morgan fingerprint density at radius 1 is 1.15 bits per heavy atom.